The Labute approximate surface area is 113 Å². The predicted octanol–water partition coefficient (Wildman–Crippen LogP) is 1.59. The average molecular weight is 264 g/mol. The molecule has 5 nitrogen and oxygen atoms in total. The number of fused-ring (bicyclic) bond motifs is 1. The lowest BCUT2D eigenvalue weighted by Crippen LogP contribution is -2.28. The number of amides is 1. The zero-order valence-corrected chi connectivity index (χ0v) is 11.4. The molecule has 0 fully saturated rings. The molecule has 19 heavy (non-hydrogen) atoms. The Bertz CT molecular complexity index is 448. The number of carbonyl (C=O) groups excluding carboxylic acids is 1. The first-order chi connectivity index (χ1) is 9.20. The van der Waals surface area contributed by atoms with Gasteiger partial charge in [-0.3, -0.25) is 4.79 Å². The van der Waals surface area contributed by atoms with Crippen molar-refractivity contribution in [2.24, 2.45) is 0 Å². The van der Waals surface area contributed by atoms with Gasteiger partial charge in [-0.1, -0.05) is 6.07 Å². The number of nitrogens with one attached hydrogen (secondary N) is 2. The first-order valence-corrected chi connectivity index (χ1v) is 6.60. The molecule has 1 aromatic carbocycles. The molecule has 1 aliphatic rings. The van der Waals surface area contributed by atoms with Crippen molar-refractivity contribution < 1.29 is 14.3 Å². The van der Waals surface area contributed by atoms with Crippen LogP contribution in [0.2, 0.25) is 0 Å². The minimum Gasteiger partial charge on any atom is -0.454 e. The second-order valence-corrected chi connectivity index (χ2v) is 4.49. The van der Waals surface area contributed by atoms with Gasteiger partial charge in [-0.2, -0.15) is 0 Å². The van der Waals surface area contributed by atoms with Crippen molar-refractivity contribution in [1.82, 2.24) is 10.6 Å². The number of hydrogen-bond donors (Lipinski definition) is 2. The predicted molar refractivity (Wildman–Crippen MR) is 72.3 cm³/mol. The molecule has 1 amide bonds. The number of carbonyl (C=O) groups is 1. The van der Waals surface area contributed by atoms with Gasteiger partial charge in [-0.05, 0) is 31.5 Å². The van der Waals surface area contributed by atoms with E-state index in [1.807, 2.05) is 25.1 Å². The molecule has 0 aliphatic carbocycles. The molecule has 104 valence electrons. The molecule has 2 N–H and O–H groups in total. The van der Waals surface area contributed by atoms with E-state index in [-0.39, 0.29) is 18.7 Å². The van der Waals surface area contributed by atoms with Gasteiger partial charge in [0.15, 0.2) is 11.5 Å². The lowest BCUT2D eigenvalue weighted by molar-refractivity contribution is -0.120. The molecule has 0 spiro atoms. The molecule has 0 aromatic heterocycles. The summed E-state index contributed by atoms with van der Waals surface area (Å²) in [6, 6.07) is 6.08. The van der Waals surface area contributed by atoms with Crippen molar-refractivity contribution in [1.29, 1.82) is 0 Å². The van der Waals surface area contributed by atoms with Gasteiger partial charge in [0, 0.05) is 25.6 Å². The fraction of sp³-hybridized carbons (Fsp3) is 0.500. The molecular formula is C14H20N2O3. The SMILES string of the molecule is CCNC(=O)CCNC(C)c1ccc2c(c1)OCO2. The Hall–Kier alpha value is -1.75. The molecule has 0 radical (unpaired) electrons. The first kappa shape index (κ1) is 13.7. The molecule has 0 bridgehead atoms. The Morgan fingerprint density at radius 3 is 2.95 bits per heavy atom. The average Bonchev–Trinajstić information content (AvgIpc) is 2.86. The third-order valence-corrected chi connectivity index (χ3v) is 3.07. The molecular weight excluding hydrogens is 244 g/mol. The Morgan fingerprint density at radius 1 is 1.37 bits per heavy atom. The minimum absolute atomic E-state index is 0.0767. The highest BCUT2D eigenvalue weighted by Crippen LogP contribution is 2.34. The minimum atomic E-state index is 0.0767. The summed E-state index contributed by atoms with van der Waals surface area (Å²) in [5, 5.41) is 6.10. The van der Waals surface area contributed by atoms with Gasteiger partial charge >= 0.3 is 0 Å². The van der Waals surface area contributed by atoms with Crippen molar-refractivity contribution in [2.45, 2.75) is 26.3 Å². The van der Waals surface area contributed by atoms with Gasteiger partial charge < -0.3 is 20.1 Å². The van der Waals surface area contributed by atoms with Crippen LogP contribution >= 0.6 is 0 Å². The third kappa shape index (κ3) is 3.61. The van der Waals surface area contributed by atoms with Crippen LogP contribution in [0.4, 0.5) is 0 Å². The highest BCUT2D eigenvalue weighted by atomic mass is 16.7. The van der Waals surface area contributed by atoms with Gasteiger partial charge in [0.05, 0.1) is 0 Å². The normalized spacial score (nSPS) is 14.2. The van der Waals surface area contributed by atoms with Crippen LogP contribution in [0.1, 0.15) is 31.9 Å². The lowest BCUT2D eigenvalue weighted by atomic mass is 10.1. The molecule has 1 heterocycles. The zero-order valence-electron chi connectivity index (χ0n) is 11.4. The largest absolute Gasteiger partial charge is 0.454 e. The molecule has 2 rings (SSSR count). The van der Waals surface area contributed by atoms with Crippen LogP contribution in [-0.2, 0) is 4.79 Å². The maximum absolute atomic E-state index is 11.3. The van der Waals surface area contributed by atoms with E-state index in [1.54, 1.807) is 0 Å². The fourth-order valence-electron chi connectivity index (χ4n) is 1.99. The second kappa shape index (κ2) is 6.43. The van der Waals surface area contributed by atoms with Crippen LogP contribution < -0.4 is 20.1 Å². The molecule has 1 unspecified atom stereocenters. The van der Waals surface area contributed by atoms with Crippen molar-refractivity contribution in [3.8, 4) is 11.5 Å². The van der Waals surface area contributed by atoms with E-state index in [0.29, 0.717) is 19.5 Å². The van der Waals surface area contributed by atoms with Gasteiger partial charge in [0.2, 0.25) is 12.7 Å². The van der Waals surface area contributed by atoms with E-state index in [9.17, 15) is 4.79 Å². The summed E-state index contributed by atoms with van der Waals surface area (Å²) < 4.78 is 10.6. The van der Waals surface area contributed by atoms with Crippen LogP contribution in [0.5, 0.6) is 11.5 Å². The number of hydrogen-bond acceptors (Lipinski definition) is 4. The molecule has 5 heteroatoms. The summed E-state index contributed by atoms with van der Waals surface area (Å²) in [6.45, 7) is 5.60. The summed E-state index contributed by atoms with van der Waals surface area (Å²) in [5.41, 5.74) is 1.13. The van der Waals surface area contributed by atoms with E-state index in [4.69, 9.17) is 9.47 Å². The molecule has 0 saturated carbocycles. The molecule has 1 atom stereocenters. The summed E-state index contributed by atoms with van der Waals surface area (Å²) in [7, 11) is 0. The maximum atomic E-state index is 11.3. The molecule has 0 saturated heterocycles. The number of benzene rings is 1. The smallest absolute Gasteiger partial charge is 0.231 e. The van der Waals surface area contributed by atoms with E-state index < -0.39 is 0 Å². The molecule has 1 aliphatic heterocycles. The van der Waals surface area contributed by atoms with Crippen LogP contribution in [0.25, 0.3) is 0 Å². The van der Waals surface area contributed by atoms with E-state index >= 15 is 0 Å². The van der Waals surface area contributed by atoms with Crippen molar-refractivity contribution >= 4 is 5.91 Å². The Balaban J connectivity index is 1.83. The summed E-state index contributed by atoms with van der Waals surface area (Å²) in [5.74, 6) is 1.65. The standard InChI is InChI=1S/C14H20N2O3/c1-3-15-14(17)6-7-16-10(2)11-4-5-12-13(8-11)19-9-18-12/h4-5,8,10,16H,3,6-7,9H2,1-2H3,(H,15,17). The summed E-state index contributed by atoms with van der Waals surface area (Å²) in [4.78, 5) is 11.3. The van der Waals surface area contributed by atoms with E-state index in [2.05, 4.69) is 17.6 Å². The maximum Gasteiger partial charge on any atom is 0.231 e. The third-order valence-electron chi connectivity index (χ3n) is 3.07. The monoisotopic (exact) mass is 264 g/mol. The van der Waals surface area contributed by atoms with Crippen molar-refractivity contribution in [3.63, 3.8) is 0 Å². The lowest BCUT2D eigenvalue weighted by Gasteiger charge is -2.14. The van der Waals surface area contributed by atoms with Gasteiger partial charge in [-0.25, -0.2) is 0 Å². The van der Waals surface area contributed by atoms with E-state index in [1.165, 1.54) is 0 Å². The van der Waals surface area contributed by atoms with Gasteiger partial charge in [0.25, 0.3) is 0 Å². The second-order valence-electron chi connectivity index (χ2n) is 4.49. The topological polar surface area (TPSA) is 59.6 Å². The van der Waals surface area contributed by atoms with E-state index in [0.717, 1.165) is 17.1 Å². The zero-order chi connectivity index (χ0) is 13.7. The highest BCUT2D eigenvalue weighted by molar-refractivity contribution is 5.75. The van der Waals surface area contributed by atoms with Crippen LogP contribution in [0.3, 0.4) is 0 Å². The van der Waals surface area contributed by atoms with Crippen molar-refractivity contribution in [2.75, 3.05) is 19.9 Å². The van der Waals surface area contributed by atoms with Crippen LogP contribution in [0.15, 0.2) is 18.2 Å². The number of rotatable bonds is 6. The summed E-state index contributed by atoms with van der Waals surface area (Å²) in [6.07, 6.45) is 0.489. The van der Waals surface area contributed by atoms with Crippen LogP contribution in [0, 0.1) is 0 Å². The summed E-state index contributed by atoms with van der Waals surface area (Å²) >= 11 is 0. The highest BCUT2D eigenvalue weighted by Gasteiger charge is 2.15. The molecule has 1 aromatic rings. The van der Waals surface area contributed by atoms with Crippen LogP contribution in [-0.4, -0.2) is 25.8 Å². The van der Waals surface area contributed by atoms with Gasteiger partial charge in [0.1, 0.15) is 0 Å². The number of ether oxygens (including phenoxy) is 2. The first-order valence-electron chi connectivity index (χ1n) is 6.60. The quantitative estimate of drug-likeness (QED) is 0.819. The fourth-order valence-corrected chi connectivity index (χ4v) is 1.99. The Kier molecular flexibility index (Phi) is 4.63. The van der Waals surface area contributed by atoms with Gasteiger partial charge in [-0.15, -0.1) is 0 Å². The van der Waals surface area contributed by atoms with Crippen molar-refractivity contribution in [3.05, 3.63) is 23.8 Å². The Morgan fingerprint density at radius 2 is 2.16 bits per heavy atom.